The first-order valence-electron chi connectivity index (χ1n) is 9.16. The monoisotopic (exact) mass is 363 g/mol. The van der Waals surface area contributed by atoms with Crippen LogP contribution in [0.5, 0.6) is 0 Å². The lowest BCUT2D eigenvalue weighted by atomic mass is 10.1. The number of carbonyl (C=O) groups excluding carboxylic acids is 1. The van der Waals surface area contributed by atoms with Crippen LogP contribution in [0.3, 0.4) is 0 Å². The summed E-state index contributed by atoms with van der Waals surface area (Å²) >= 11 is 0. The molecule has 1 aliphatic rings. The lowest BCUT2D eigenvalue weighted by Crippen LogP contribution is -2.28. The van der Waals surface area contributed by atoms with Crippen LogP contribution in [0.4, 0.5) is 5.69 Å². The SMILES string of the molecule is CN1CCCc2c(n(CCc3ccccc3)c3c([N+](=O)[O-])cccc23)C1=O. The highest BCUT2D eigenvalue weighted by Crippen LogP contribution is 2.35. The Bertz CT molecular complexity index is 1020. The number of carbonyl (C=O) groups is 1. The van der Waals surface area contributed by atoms with E-state index in [2.05, 4.69) is 0 Å². The van der Waals surface area contributed by atoms with Gasteiger partial charge in [-0.2, -0.15) is 0 Å². The van der Waals surface area contributed by atoms with Crippen molar-refractivity contribution in [2.24, 2.45) is 0 Å². The molecule has 27 heavy (non-hydrogen) atoms. The highest BCUT2D eigenvalue weighted by atomic mass is 16.6. The second-order valence-electron chi connectivity index (χ2n) is 6.98. The molecular weight excluding hydrogens is 342 g/mol. The zero-order valence-corrected chi connectivity index (χ0v) is 15.2. The minimum absolute atomic E-state index is 0.0546. The van der Waals surface area contributed by atoms with Crippen LogP contribution in [0.1, 0.15) is 28.0 Å². The van der Waals surface area contributed by atoms with Gasteiger partial charge in [0, 0.05) is 31.6 Å². The maximum absolute atomic E-state index is 13.1. The van der Waals surface area contributed by atoms with Crippen molar-refractivity contribution in [2.45, 2.75) is 25.8 Å². The van der Waals surface area contributed by atoms with Crippen molar-refractivity contribution < 1.29 is 9.72 Å². The van der Waals surface area contributed by atoms with Gasteiger partial charge in [-0.05, 0) is 30.4 Å². The Labute approximate surface area is 157 Å². The van der Waals surface area contributed by atoms with Gasteiger partial charge < -0.3 is 9.47 Å². The van der Waals surface area contributed by atoms with Crippen molar-refractivity contribution in [1.82, 2.24) is 9.47 Å². The number of rotatable bonds is 4. The molecule has 0 atom stereocenters. The number of hydrogen-bond acceptors (Lipinski definition) is 3. The fourth-order valence-electron chi connectivity index (χ4n) is 3.99. The molecule has 0 radical (unpaired) electrons. The zero-order chi connectivity index (χ0) is 19.0. The average molecular weight is 363 g/mol. The van der Waals surface area contributed by atoms with Gasteiger partial charge in [-0.15, -0.1) is 0 Å². The molecule has 4 rings (SSSR count). The molecule has 0 unspecified atom stereocenters. The van der Waals surface area contributed by atoms with Crippen molar-refractivity contribution in [1.29, 1.82) is 0 Å². The third kappa shape index (κ3) is 2.97. The molecule has 0 spiro atoms. The van der Waals surface area contributed by atoms with Crippen molar-refractivity contribution in [3.05, 3.63) is 75.5 Å². The van der Waals surface area contributed by atoms with E-state index in [1.807, 2.05) is 41.0 Å². The standard InChI is InChI=1S/C21H21N3O3/c1-22-13-6-10-17-16-9-5-11-18(24(26)27)19(16)23(20(17)21(22)25)14-12-15-7-3-2-4-8-15/h2-5,7-9,11H,6,10,12-14H2,1H3. The van der Waals surface area contributed by atoms with Crippen LogP contribution in [-0.4, -0.2) is 33.9 Å². The van der Waals surface area contributed by atoms with E-state index in [0.29, 0.717) is 30.7 Å². The fraction of sp³-hybridized carbons (Fsp3) is 0.286. The fourth-order valence-corrected chi connectivity index (χ4v) is 3.99. The van der Waals surface area contributed by atoms with Crippen LogP contribution >= 0.6 is 0 Å². The Morgan fingerprint density at radius 2 is 1.89 bits per heavy atom. The molecule has 0 bridgehead atoms. The molecule has 1 aliphatic heterocycles. The summed E-state index contributed by atoms with van der Waals surface area (Å²) in [5.74, 6) is -0.0546. The average Bonchev–Trinajstić information content (AvgIpc) is 2.91. The lowest BCUT2D eigenvalue weighted by Gasteiger charge is -2.16. The largest absolute Gasteiger partial charge is 0.340 e. The number of amides is 1. The topological polar surface area (TPSA) is 68.4 Å². The molecule has 2 aromatic carbocycles. The van der Waals surface area contributed by atoms with Crippen LogP contribution in [0, 0.1) is 10.1 Å². The molecule has 0 N–H and O–H groups in total. The molecule has 6 nitrogen and oxygen atoms in total. The Kier molecular flexibility index (Phi) is 4.39. The maximum Gasteiger partial charge on any atom is 0.293 e. The predicted octanol–water partition coefficient (Wildman–Crippen LogP) is 3.81. The summed E-state index contributed by atoms with van der Waals surface area (Å²) in [7, 11) is 1.80. The molecule has 0 fully saturated rings. The third-order valence-electron chi connectivity index (χ3n) is 5.30. The summed E-state index contributed by atoms with van der Waals surface area (Å²) in [5.41, 5.74) is 3.31. The Balaban J connectivity index is 1.92. The number of aryl methyl sites for hydroxylation is 3. The molecule has 1 amide bonds. The first-order valence-corrected chi connectivity index (χ1v) is 9.16. The Morgan fingerprint density at radius 1 is 1.11 bits per heavy atom. The molecule has 0 saturated heterocycles. The quantitative estimate of drug-likeness (QED) is 0.523. The minimum atomic E-state index is -0.352. The predicted molar refractivity (Wildman–Crippen MR) is 104 cm³/mol. The lowest BCUT2D eigenvalue weighted by molar-refractivity contribution is -0.383. The van der Waals surface area contributed by atoms with Gasteiger partial charge in [0.15, 0.2) is 0 Å². The maximum atomic E-state index is 13.1. The summed E-state index contributed by atoms with van der Waals surface area (Å²) in [6.07, 6.45) is 2.32. The van der Waals surface area contributed by atoms with Gasteiger partial charge in [0.25, 0.3) is 11.6 Å². The molecule has 6 heteroatoms. The summed E-state index contributed by atoms with van der Waals surface area (Å²) in [6.45, 7) is 1.23. The van der Waals surface area contributed by atoms with Crippen LogP contribution in [0.15, 0.2) is 48.5 Å². The number of benzene rings is 2. The third-order valence-corrected chi connectivity index (χ3v) is 5.30. The van der Waals surface area contributed by atoms with Gasteiger partial charge >= 0.3 is 0 Å². The number of non-ortho nitro benzene ring substituents is 1. The van der Waals surface area contributed by atoms with Gasteiger partial charge in [0.2, 0.25) is 0 Å². The molecule has 138 valence electrons. The summed E-state index contributed by atoms with van der Waals surface area (Å²) < 4.78 is 1.87. The number of fused-ring (bicyclic) bond motifs is 3. The van der Waals surface area contributed by atoms with Gasteiger partial charge in [-0.1, -0.05) is 42.5 Å². The van der Waals surface area contributed by atoms with E-state index in [0.717, 1.165) is 29.4 Å². The van der Waals surface area contributed by atoms with E-state index in [4.69, 9.17) is 0 Å². The molecule has 1 aromatic heterocycles. The van der Waals surface area contributed by atoms with Gasteiger partial charge in [-0.3, -0.25) is 14.9 Å². The van der Waals surface area contributed by atoms with Crippen LogP contribution in [-0.2, 0) is 19.4 Å². The van der Waals surface area contributed by atoms with E-state index in [-0.39, 0.29) is 16.5 Å². The molecule has 0 aliphatic carbocycles. The van der Waals surface area contributed by atoms with E-state index >= 15 is 0 Å². The van der Waals surface area contributed by atoms with Crippen molar-refractivity contribution in [3.63, 3.8) is 0 Å². The van der Waals surface area contributed by atoms with Crippen molar-refractivity contribution in [3.8, 4) is 0 Å². The number of nitro benzene ring substituents is 1. The van der Waals surface area contributed by atoms with E-state index in [1.54, 1.807) is 18.0 Å². The smallest absolute Gasteiger partial charge is 0.293 e. The van der Waals surface area contributed by atoms with Crippen LogP contribution in [0.2, 0.25) is 0 Å². The molecule has 0 saturated carbocycles. The first kappa shape index (κ1) is 17.3. The van der Waals surface area contributed by atoms with Crippen LogP contribution in [0.25, 0.3) is 10.9 Å². The normalized spacial score (nSPS) is 14.3. The van der Waals surface area contributed by atoms with E-state index < -0.39 is 0 Å². The Hall–Kier alpha value is -3.15. The van der Waals surface area contributed by atoms with E-state index in [9.17, 15) is 14.9 Å². The minimum Gasteiger partial charge on any atom is -0.340 e. The summed E-state index contributed by atoms with van der Waals surface area (Å²) in [6, 6.07) is 15.1. The second-order valence-corrected chi connectivity index (χ2v) is 6.98. The number of hydrogen-bond donors (Lipinski definition) is 0. The van der Waals surface area contributed by atoms with Crippen LogP contribution < -0.4 is 0 Å². The second kappa shape index (κ2) is 6.87. The van der Waals surface area contributed by atoms with Gasteiger partial charge in [-0.25, -0.2) is 0 Å². The van der Waals surface area contributed by atoms with Gasteiger partial charge in [0.1, 0.15) is 11.2 Å². The van der Waals surface area contributed by atoms with Crippen molar-refractivity contribution in [2.75, 3.05) is 13.6 Å². The summed E-state index contributed by atoms with van der Waals surface area (Å²) in [5, 5.41) is 12.5. The van der Waals surface area contributed by atoms with Gasteiger partial charge in [0.05, 0.1) is 4.92 Å². The number of para-hydroxylation sites is 1. The highest BCUT2D eigenvalue weighted by Gasteiger charge is 2.30. The number of nitro groups is 1. The highest BCUT2D eigenvalue weighted by molar-refractivity contribution is 6.04. The molecule has 2 heterocycles. The van der Waals surface area contributed by atoms with Crippen molar-refractivity contribution >= 4 is 22.5 Å². The number of aromatic nitrogens is 1. The molecule has 3 aromatic rings. The molecular formula is C21H21N3O3. The number of nitrogens with zero attached hydrogens (tertiary/aromatic N) is 3. The Morgan fingerprint density at radius 3 is 2.63 bits per heavy atom. The summed E-state index contributed by atoms with van der Waals surface area (Å²) in [4.78, 5) is 26.1. The zero-order valence-electron chi connectivity index (χ0n) is 15.2. The van der Waals surface area contributed by atoms with E-state index in [1.165, 1.54) is 6.07 Å². The first-order chi connectivity index (χ1) is 13.1.